The van der Waals surface area contributed by atoms with E-state index >= 15 is 0 Å². The van der Waals surface area contributed by atoms with Crippen LogP contribution >= 0.6 is 0 Å². The molecular weight excluding hydrogens is 429 g/mol. The zero-order valence-electron chi connectivity index (χ0n) is 16.5. The Hall–Kier alpha value is -3.86. The van der Waals surface area contributed by atoms with Gasteiger partial charge in [-0.15, -0.1) is 0 Å². The van der Waals surface area contributed by atoms with Crippen molar-refractivity contribution in [3.05, 3.63) is 72.7 Å². The van der Waals surface area contributed by atoms with Crippen LogP contribution in [0, 0.1) is 0 Å². The van der Waals surface area contributed by atoms with Crippen molar-refractivity contribution in [1.82, 2.24) is 15.3 Å². The summed E-state index contributed by atoms with van der Waals surface area (Å²) in [6.45, 7) is -0.352. The number of nitrogens with one attached hydrogen (secondary N) is 2. The Morgan fingerprint density at radius 1 is 1.06 bits per heavy atom. The Bertz CT molecular complexity index is 1000. The number of hydrogen-bond donors (Lipinski definition) is 3. The first-order chi connectivity index (χ1) is 15.3. The Labute approximate surface area is 181 Å². The highest BCUT2D eigenvalue weighted by Crippen LogP contribution is 2.30. The van der Waals surface area contributed by atoms with Gasteiger partial charge in [0.05, 0.1) is 23.6 Å². The van der Waals surface area contributed by atoms with Crippen molar-refractivity contribution in [2.24, 2.45) is 0 Å². The van der Waals surface area contributed by atoms with Gasteiger partial charge in [0, 0.05) is 18.8 Å². The molecule has 3 rings (SSSR count). The van der Waals surface area contributed by atoms with E-state index < -0.39 is 23.9 Å². The maximum atomic E-state index is 12.5. The third-order valence-corrected chi connectivity index (χ3v) is 3.97. The summed E-state index contributed by atoms with van der Waals surface area (Å²) in [4.78, 5) is 20.0. The van der Waals surface area contributed by atoms with Crippen LogP contribution in [0.2, 0.25) is 0 Å². The number of alkyl halides is 3. The molecule has 1 aromatic carbocycles. The average molecular weight is 448 g/mol. The number of benzene rings is 1. The predicted octanol–water partition coefficient (Wildman–Crippen LogP) is 3.85. The van der Waals surface area contributed by atoms with Gasteiger partial charge in [-0.25, -0.2) is 9.78 Å². The fourth-order valence-electron chi connectivity index (χ4n) is 2.42. The number of aliphatic hydroxyl groups is 1. The van der Waals surface area contributed by atoms with E-state index in [-0.39, 0.29) is 18.9 Å². The lowest BCUT2D eigenvalue weighted by Gasteiger charge is -2.14. The van der Waals surface area contributed by atoms with E-state index in [2.05, 4.69) is 20.6 Å². The molecule has 0 spiro atoms. The van der Waals surface area contributed by atoms with Gasteiger partial charge in [0.2, 0.25) is 5.88 Å². The van der Waals surface area contributed by atoms with Crippen molar-refractivity contribution < 1.29 is 32.5 Å². The lowest BCUT2D eigenvalue weighted by molar-refractivity contribution is -0.137. The van der Waals surface area contributed by atoms with Gasteiger partial charge < -0.3 is 25.2 Å². The number of pyridine rings is 2. The summed E-state index contributed by atoms with van der Waals surface area (Å²) in [5.41, 5.74) is -0.397. The van der Waals surface area contributed by atoms with Gasteiger partial charge >= 0.3 is 12.2 Å². The first-order valence-electron chi connectivity index (χ1n) is 9.36. The van der Waals surface area contributed by atoms with Crippen molar-refractivity contribution in [1.29, 1.82) is 0 Å². The second-order valence-corrected chi connectivity index (χ2v) is 6.50. The molecule has 1 unspecified atom stereocenters. The van der Waals surface area contributed by atoms with Gasteiger partial charge in [-0.3, -0.25) is 4.98 Å². The summed E-state index contributed by atoms with van der Waals surface area (Å²) in [6, 6.07) is 10.1. The third kappa shape index (κ3) is 7.13. The molecule has 8 nitrogen and oxygen atoms in total. The van der Waals surface area contributed by atoms with Gasteiger partial charge in [0.1, 0.15) is 24.2 Å². The molecule has 0 aliphatic heterocycles. The van der Waals surface area contributed by atoms with Crippen LogP contribution in [0.4, 0.5) is 23.7 Å². The minimum absolute atomic E-state index is 0.137. The van der Waals surface area contributed by atoms with Crippen LogP contribution in [0.5, 0.6) is 17.4 Å². The lowest BCUT2D eigenvalue weighted by atomic mass is 10.2. The normalized spacial score (nSPS) is 12.0. The van der Waals surface area contributed by atoms with Gasteiger partial charge in [0.25, 0.3) is 0 Å². The fraction of sp³-hybridized carbons (Fsp3) is 0.190. The highest BCUT2D eigenvalue weighted by Gasteiger charge is 2.30. The number of nitrogens with zero attached hydrogens (tertiary/aromatic N) is 2. The quantitative estimate of drug-likeness (QED) is 0.484. The summed E-state index contributed by atoms with van der Waals surface area (Å²) < 4.78 is 48.3. The molecule has 11 heteroatoms. The molecule has 0 bridgehead atoms. The number of anilines is 1. The topological polar surface area (TPSA) is 106 Å². The second-order valence-electron chi connectivity index (χ2n) is 6.50. The van der Waals surface area contributed by atoms with Crippen molar-refractivity contribution in [3.8, 4) is 17.4 Å². The second kappa shape index (κ2) is 10.4. The van der Waals surface area contributed by atoms with Crippen molar-refractivity contribution in [2.45, 2.75) is 12.3 Å². The van der Waals surface area contributed by atoms with Crippen LogP contribution in [0.3, 0.4) is 0 Å². The van der Waals surface area contributed by atoms with E-state index in [1.54, 1.807) is 30.5 Å². The van der Waals surface area contributed by atoms with Crippen molar-refractivity contribution in [3.63, 3.8) is 0 Å². The maximum absolute atomic E-state index is 12.5. The van der Waals surface area contributed by atoms with E-state index in [1.165, 1.54) is 12.4 Å². The summed E-state index contributed by atoms with van der Waals surface area (Å²) in [7, 11) is 0. The fourth-order valence-corrected chi connectivity index (χ4v) is 2.42. The van der Waals surface area contributed by atoms with Crippen LogP contribution < -0.4 is 20.1 Å². The molecule has 2 amide bonds. The number of hydrogen-bond acceptors (Lipinski definition) is 6. The van der Waals surface area contributed by atoms with Crippen LogP contribution in [0.15, 0.2) is 67.1 Å². The number of halogens is 3. The SMILES string of the molecule is O=C(NCC(O)COc1ccc(C(F)(F)F)cc1)Nc1ccc(Oc2cccnc2)nc1. The molecule has 0 radical (unpaired) electrons. The van der Waals surface area contributed by atoms with Crippen LogP contribution in [-0.2, 0) is 6.18 Å². The molecule has 0 saturated heterocycles. The molecule has 32 heavy (non-hydrogen) atoms. The molecule has 0 saturated carbocycles. The molecule has 3 N–H and O–H groups in total. The highest BCUT2D eigenvalue weighted by molar-refractivity contribution is 5.89. The van der Waals surface area contributed by atoms with Crippen LogP contribution in [0.25, 0.3) is 0 Å². The Kier molecular flexibility index (Phi) is 7.45. The van der Waals surface area contributed by atoms with E-state index in [0.29, 0.717) is 17.3 Å². The van der Waals surface area contributed by atoms with Crippen LogP contribution in [0.1, 0.15) is 5.56 Å². The first kappa shape index (κ1) is 22.8. The number of aromatic nitrogens is 2. The summed E-state index contributed by atoms with van der Waals surface area (Å²) >= 11 is 0. The summed E-state index contributed by atoms with van der Waals surface area (Å²) in [6.07, 6.45) is -0.957. The zero-order valence-corrected chi connectivity index (χ0v) is 16.5. The van der Waals surface area contributed by atoms with E-state index in [0.717, 1.165) is 24.3 Å². The van der Waals surface area contributed by atoms with Gasteiger partial charge in [-0.2, -0.15) is 13.2 Å². The monoisotopic (exact) mass is 448 g/mol. The zero-order chi connectivity index (χ0) is 23.0. The van der Waals surface area contributed by atoms with Crippen molar-refractivity contribution >= 4 is 11.7 Å². The number of carbonyl (C=O) groups is 1. The Balaban J connectivity index is 1.38. The standard InChI is InChI=1S/C21H19F3N4O4/c22-21(23,24)14-3-6-17(7-4-14)31-13-16(29)11-27-20(30)28-15-5-8-19(26-10-15)32-18-2-1-9-25-12-18/h1-10,12,16,29H,11,13H2,(H2,27,28,30). The minimum atomic E-state index is -4.43. The highest BCUT2D eigenvalue weighted by atomic mass is 19.4. The number of carbonyl (C=O) groups excluding carboxylic acids is 1. The Morgan fingerprint density at radius 2 is 1.84 bits per heavy atom. The minimum Gasteiger partial charge on any atom is -0.491 e. The molecule has 1 atom stereocenters. The maximum Gasteiger partial charge on any atom is 0.416 e. The number of ether oxygens (including phenoxy) is 2. The molecular formula is C21H19F3N4O4. The number of rotatable bonds is 8. The molecule has 0 aliphatic rings. The molecule has 168 valence electrons. The van der Waals surface area contributed by atoms with Gasteiger partial charge in [-0.1, -0.05) is 0 Å². The summed E-state index contributed by atoms with van der Waals surface area (Å²) in [5, 5.41) is 14.9. The van der Waals surface area contributed by atoms with E-state index in [4.69, 9.17) is 9.47 Å². The largest absolute Gasteiger partial charge is 0.491 e. The molecule has 2 aromatic heterocycles. The van der Waals surface area contributed by atoms with E-state index in [1.807, 2.05) is 0 Å². The molecule has 3 aromatic rings. The van der Waals surface area contributed by atoms with Crippen LogP contribution in [-0.4, -0.2) is 40.4 Å². The number of urea groups is 1. The average Bonchev–Trinajstić information content (AvgIpc) is 2.78. The predicted molar refractivity (Wildman–Crippen MR) is 109 cm³/mol. The summed E-state index contributed by atoms with van der Waals surface area (Å²) in [5.74, 6) is 1.01. The molecule has 2 heterocycles. The first-order valence-corrected chi connectivity index (χ1v) is 9.36. The molecule has 0 fully saturated rings. The number of amides is 2. The Morgan fingerprint density at radius 3 is 2.47 bits per heavy atom. The van der Waals surface area contributed by atoms with Gasteiger partial charge in [0.15, 0.2) is 0 Å². The number of aliphatic hydroxyl groups excluding tert-OH is 1. The lowest BCUT2D eigenvalue weighted by Crippen LogP contribution is -2.37. The third-order valence-electron chi connectivity index (χ3n) is 3.97. The smallest absolute Gasteiger partial charge is 0.416 e. The van der Waals surface area contributed by atoms with Gasteiger partial charge in [-0.05, 0) is 42.5 Å². The van der Waals surface area contributed by atoms with Crippen molar-refractivity contribution in [2.75, 3.05) is 18.5 Å². The molecule has 0 aliphatic carbocycles. The van der Waals surface area contributed by atoms with E-state index in [9.17, 15) is 23.1 Å².